The minimum Gasteiger partial charge on any atom is -0.467 e. The van der Waals surface area contributed by atoms with Gasteiger partial charge in [-0.1, -0.05) is 18.5 Å². The molecule has 0 amide bonds. The standard InChI is InChI=1S/C9H13Cl2N3O/c1-6(3-10)4-12-8-7(11)5-13-9(14-8)15-2/h5-6H,3-4H2,1-2H3,(H,12,13,14). The molecule has 1 rings (SSSR count). The molecule has 84 valence electrons. The molecule has 1 unspecified atom stereocenters. The van der Waals surface area contributed by atoms with Crippen molar-refractivity contribution in [3.8, 4) is 6.01 Å². The highest BCUT2D eigenvalue weighted by molar-refractivity contribution is 6.32. The van der Waals surface area contributed by atoms with Crippen LogP contribution in [0.4, 0.5) is 5.82 Å². The second-order valence-corrected chi connectivity index (χ2v) is 3.91. The summed E-state index contributed by atoms with van der Waals surface area (Å²) in [6.45, 7) is 2.75. The summed E-state index contributed by atoms with van der Waals surface area (Å²) in [6, 6.07) is 0.292. The summed E-state index contributed by atoms with van der Waals surface area (Å²) in [7, 11) is 1.51. The van der Waals surface area contributed by atoms with E-state index in [9.17, 15) is 0 Å². The number of hydrogen-bond acceptors (Lipinski definition) is 4. The van der Waals surface area contributed by atoms with Crippen molar-refractivity contribution in [2.75, 3.05) is 24.9 Å². The fourth-order valence-electron chi connectivity index (χ4n) is 0.899. The van der Waals surface area contributed by atoms with E-state index in [0.717, 1.165) is 0 Å². The Balaban J connectivity index is 2.66. The van der Waals surface area contributed by atoms with Gasteiger partial charge < -0.3 is 10.1 Å². The van der Waals surface area contributed by atoms with E-state index in [1.54, 1.807) is 0 Å². The van der Waals surface area contributed by atoms with Crippen molar-refractivity contribution < 1.29 is 4.74 Å². The first-order valence-corrected chi connectivity index (χ1v) is 5.45. The molecule has 1 N–H and O–H groups in total. The highest BCUT2D eigenvalue weighted by atomic mass is 35.5. The van der Waals surface area contributed by atoms with Crippen molar-refractivity contribution in [2.45, 2.75) is 6.92 Å². The summed E-state index contributed by atoms with van der Waals surface area (Å²) >= 11 is 11.6. The van der Waals surface area contributed by atoms with Gasteiger partial charge in [0.1, 0.15) is 5.02 Å². The molecule has 6 heteroatoms. The average molecular weight is 250 g/mol. The van der Waals surface area contributed by atoms with Crippen molar-refractivity contribution in [3.05, 3.63) is 11.2 Å². The molecule has 0 fully saturated rings. The number of hydrogen-bond donors (Lipinski definition) is 1. The zero-order valence-corrected chi connectivity index (χ0v) is 10.1. The van der Waals surface area contributed by atoms with Crippen LogP contribution in [0.25, 0.3) is 0 Å². The Hall–Kier alpha value is -0.740. The number of ether oxygens (including phenoxy) is 1. The van der Waals surface area contributed by atoms with Crippen LogP contribution in [-0.2, 0) is 0 Å². The summed E-state index contributed by atoms with van der Waals surface area (Å²) in [5.74, 6) is 1.51. The second-order valence-electron chi connectivity index (χ2n) is 3.19. The van der Waals surface area contributed by atoms with Crippen LogP contribution in [0.1, 0.15) is 6.92 Å². The molecule has 0 aliphatic carbocycles. The number of halogens is 2. The minimum atomic E-state index is 0.292. The van der Waals surface area contributed by atoms with Crippen LogP contribution in [0.3, 0.4) is 0 Å². The molecule has 0 spiro atoms. The lowest BCUT2D eigenvalue weighted by molar-refractivity contribution is 0.380. The monoisotopic (exact) mass is 249 g/mol. The Kier molecular flexibility index (Phi) is 4.91. The van der Waals surface area contributed by atoms with Gasteiger partial charge in [0.25, 0.3) is 0 Å². The Bertz CT molecular complexity index is 322. The summed E-state index contributed by atoms with van der Waals surface area (Å²) in [6.07, 6.45) is 1.50. The molecule has 4 nitrogen and oxygen atoms in total. The number of nitrogens with one attached hydrogen (secondary N) is 1. The predicted octanol–water partition coefficient (Wildman–Crippen LogP) is 2.43. The van der Waals surface area contributed by atoms with Gasteiger partial charge in [-0.15, -0.1) is 11.6 Å². The van der Waals surface area contributed by atoms with Gasteiger partial charge in [-0.25, -0.2) is 4.98 Å². The van der Waals surface area contributed by atoms with Crippen molar-refractivity contribution >= 4 is 29.0 Å². The zero-order valence-electron chi connectivity index (χ0n) is 8.63. The molecule has 0 aliphatic rings. The van der Waals surface area contributed by atoms with Crippen LogP contribution >= 0.6 is 23.2 Å². The molecule has 0 saturated carbocycles. The maximum absolute atomic E-state index is 5.90. The second kappa shape index (κ2) is 5.98. The third-order valence-corrected chi connectivity index (χ3v) is 2.59. The van der Waals surface area contributed by atoms with E-state index in [2.05, 4.69) is 15.3 Å². The lowest BCUT2D eigenvalue weighted by atomic mass is 10.2. The number of alkyl halides is 1. The summed E-state index contributed by atoms with van der Waals surface area (Å²) in [5.41, 5.74) is 0. The fourth-order valence-corrected chi connectivity index (χ4v) is 1.17. The van der Waals surface area contributed by atoms with Crippen molar-refractivity contribution in [1.82, 2.24) is 9.97 Å². The number of aromatic nitrogens is 2. The van der Waals surface area contributed by atoms with E-state index in [-0.39, 0.29) is 0 Å². The third-order valence-electron chi connectivity index (χ3n) is 1.79. The van der Waals surface area contributed by atoms with Gasteiger partial charge >= 0.3 is 6.01 Å². The van der Waals surface area contributed by atoms with Crippen LogP contribution < -0.4 is 10.1 Å². The Morgan fingerprint density at radius 1 is 1.60 bits per heavy atom. The maximum Gasteiger partial charge on any atom is 0.318 e. The van der Waals surface area contributed by atoms with Crippen molar-refractivity contribution in [3.63, 3.8) is 0 Å². The van der Waals surface area contributed by atoms with Crippen LogP contribution in [0.5, 0.6) is 6.01 Å². The van der Waals surface area contributed by atoms with Crippen LogP contribution in [0.15, 0.2) is 6.20 Å². The number of rotatable bonds is 5. The molecule has 0 aliphatic heterocycles. The summed E-state index contributed by atoms with van der Waals surface area (Å²) in [4.78, 5) is 7.95. The highest BCUT2D eigenvalue weighted by Crippen LogP contribution is 2.20. The molecule has 15 heavy (non-hydrogen) atoms. The largest absolute Gasteiger partial charge is 0.467 e. The predicted molar refractivity (Wildman–Crippen MR) is 62.0 cm³/mol. The van der Waals surface area contributed by atoms with E-state index < -0.39 is 0 Å². The Morgan fingerprint density at radius 2 is 2.33 bits per heavy atom. The normalized spacial score (nSPS) is 12.3. The number of anilines is 1. The molecular formula is C9H13Cl2N3O. The van der Waals surface area contributed by atoms with Gasteiger partial charge in [-0.05, 0) is 5.92 Å². The first-order valence-electron chi connectivity index (χ1n) is 4.53. The van der Waals surface area contributed by atoms with Crippen molar-refractivity contribution in [1.29, 1.82) is 0 Å². The van der Waals surface area contributed by atoms with E-state index in [1.807, 2.05) is 6.92 Å². The molecule has 0 radical (unpaired) electrons. The molecule has 0 bridgehead atoms. The molecular weight excluding hydrogens is 237 g/mol. The fraction of sp³-hybridized carbons (Fsp3) is 0.556. The van der Waals surface area contributed by atoms with E-state index >= 15 is 0 Å². The van der Waals surface area contributed by atoms with E-state index in [0.29, 0.717) is 35.2 Å². The smallest absolute Gasteiger partial charge is 0.318 e. The topological polar surface area (TPSA) is 47.0 Å². The van der Waals surface area contributed by atoms with Gasteiger partial charge in [0.15, 0.2) is 5.82 Å². The SMILES string of the molecule is COc1ncc(Cl)c(NCC(C)CCl)n1. The van der Waals surface area contributed by atoms with Crippen molar-refractivity contribution in [2.24, 2.45) is 5.92 Å². The average Bonchev–Trinajstić information content (AvgIpc) is 2.27. The molecule has 1 aromatic rings. The van der Waals surface area contributed by atoms with Gasteiger partial charge in [-0.2, -0.15) is 4.98 Å². The highest BCUT2D eigenvalue weighted by Gasteiger charge is 2.06. The van der Waals surface area contributed by atoms with Crippen LogP contribution in [0, 0.1) is 5.92 Å². The van der Waals surface area contributed by atoms with Gasteiger partial charge in [0.2, 0.25) is 0 Å². The van der Waals surface area contributed by atoms with Crippen LogP contribution in [0.2, 0.25) is 5.02 Å². The Morgan fingerprint density at radius 3 is 2.93 bits per heavy atom. The first kappa shape index (κ1) is 12.3. The quantitative estimate of drug-likeness (QED) is 0.815. The summed E-state index contributed by atoms with van der Waals surface area (Å²) in [5, 5.41) is 3.56. The van der Waals surface area contributed by atoms with Gasteiger partial charge in [0, 0.05) is 12.4 Å². The molecule has 1 aromatic heterocycles. The summed E-state index contributed by atoms with van der Waals surface area (Å²) < 4.78 is 4.90. The number of methoxy groups -OCH3 is 1. The van der Waals surface area contributed by atoms with Crippen LogP contribution in [-0.4, -0.2) is 29.5 Å². The zero-order chi connectivity index (χ0) is 11.3. The Labute approximate surface area is 99.0 Å². The minimum absolute atomic E-state index is 0.292. The molecule has 0 saturated heterocycles. The van der Waals surface area contributed by atoms with Gasteiger partial charge in [0.05, 0.1) is 13.3 Å². The molecule has 1 heterocycles. The lowest BCUT2D eigenvalue weighted by Gasteiger charge is -2.11. The molecule has 0 aromatic carbocycles. The maximum atomic E-state index is 5.90. The van der Waals surface area contributed by atoms with E-state index in [1.165, 1.54) is 13.3 Å². The number of nitrogens with zero attached hydrogens (tertiary/aromatic N) is 2. The lowest BCUT2D eigenvalue weighted by Crippen LogP contribution is -2.13. The van der Waals surface area contributed by atoms with E-state index in [4.69, 9.17) is 27.9 Å². The molecule has 1 atom stereocenters. The van der Waals surface area contributed by atoms with Gasteiger partial charge in [-0.3, -0.25) is 0 Å². The first-order chi connectivity index (χ1) is 7.17. The third kappa shape index (κ3) is 3.72.